The number of hydrogen-bond donors (Lipinski definition) is 0. The van der Waals surface area contributed by atoms with Crippen molar-refractivity contribution in [3.05, 3.63) is 76.8 Å². The molecule has 1 saturated heterocycles. The molecule has 6 nitrogen and oxygen atoms in total. The largest absolute Gasteiger partial charge is 0.329 e. The molecule has 0 spiro atoms. The van der Waals surface area contributed by atoms with Crippen LogP contribution in [0.15, 0.2) is 55.1 Å². The molecule has 2 aliphatic heterocycles. The molecule has 1 aromatic heterocycles. The van der Waals surface area contributed by atoms with E-state index in [1.165, 1.54) is 6.08 Å². The quantitative estimate of drug-likeness (QED) is 0.474. The minimum Gasteiger partial charge on any atom is -0.329 e. The molecule has 0 aliphatic carbocycles. The molecule has 1 fully saturated rings. The molecular formula is C23H19N3O3S. The summed E-state index contributed by atoms with van der Waals surface area (Å²) in [6, 6.07) is 12.7. The smallest absolute Gasteiger partial charge is 0.261 e. The topological polar surface area (TPSA) is 70.6 Å². The average molecular weight is 417 g/mol. The Morgan fingerprint density at radius 1 is 1.17 bits per heavy atom. The Hall–Kier alpha value is -3.32. The number of carbonyl (C=O) groups is 3. The minimum absolute atomic E-state index is 0.0715. The van der Waals surface area contributed by atoms with Crippen LogP contribution in [0.2, 0.25) is 0 Å². The number of rotatable bonds is 4. The van der Waals surface area contributed by atoms with Crippen LogP contribution >= 0.6 is 11.3 Å². The lowest BCUT2D eigenvalue weighted by Gasteiger charge is -2.23. The normalized spacial score (nSPS) is 18.3. The number of thiazole rings is 1. The SMILES string of the molecule is C=CCN1C(=O)c2ccc(C(=O)N3CCCC3c3nc4ccccc4s3)cc2C1=O. The van der Waals surface area contributed by atoms with Crippen molar-refractivity contribution in [2.75, 3.05) is 13.1 Å². The fraction of sp³-hybridized carbons (Fsp3) is 0.217. The highest BCUT2D eigenvalue weighted by molar-refractivity contribution is 7.18. The molecule has 0 bridgehead atoms. The summed E-state index contributed by atoms with van der Waals surface area (Å²) in [4.78, 5) is 46.1. The van der Waals surface area contributed by atoms with E-state index in [1.807, 2.05) is 29.2 Å². The molecule has 1 unspecified atom stereocenters. The van der Waals surface area contributed by atoms with Gasteiger partial charge in [-0.15, -0.1) is 17.9 Å². The molecule has 7 heteroatoms. The van der Waals surface area contributed by atoms with Crippen molar-refractivity contribution in [2.45, 2.75) is 18.9 Å². The summed E-state index contributed by atoms with van der Waals surface area (Å²) < 4.78 is 1.11. The second-order valence-corrected chi connectivity index (χ2v) is 8.51. The van der Waals surface area contributed by atoms with E-state index in [9.17, 15) is 14.4 Å². The van der Waals surface area contributed by atoms with Gasteiger partial charge in [-0.2, -0.15) is 0 Å². The summed E-state index contributed by atoms with van der Waals surface area (Å²) in [5.41, 5.74) is 1.98. The summed E-state index contributed by atoms with van der Waals surface area (Å²) in [5.74, 6) is -0.863. The molecule has 1 atom stereocenters. The number of hydrogen-bond acceptors (Lipinski definition) is 5. The van der Waals surface area contributed by atoms with Gasteiger partial charge in [0.25, 0.3) is 17.7 Å². The Morgan fingerprint density at radius 3 is 2.77 bits per heavy atom. The van der Waals surface area contributed by atoms with Gasteiger partial charge in [0, 0.05) is 18.7 Å². The molecule has 30 heavy (non-hydrogen) atoms. The highest BCUT2D eigenvalue weighted by Crippen LogP contribution is 2.37. The van der Waals surface area contributed by atoms with Gasteiger partial charge in [-0.25, -0.2) is 4.98 Å². The first kappa shape index (κ1) is 18.7. The molecular weight excluding hydrogens is 398 g/mol. The zero-order valence-electron chi connectivity index (χ0n) is 16.2. The lowest BCUT2D eigenvalue weighted by atomic mass is 10.0. The summed E-state index contributed by atoms with van der Waals surface area (Å²) >= 11 is 1.62. The van der Waals surface area contributed by atoms with E-state index in [-0.39, 0.29) is 35.9 Å². The standard InChI is InChI=1S/C23H19N3O3S/c1-2-11-26-22(28)15-10-9-14(13-16(15)23(26)29)21(27)25-12-5-7-18(25)20-24-17-6-3-4-8-19(17)30-20/h2-4,6,8-10,13,18H,1,5,7,11-12H2. The van der Waals surface area contributed by atoms with Crippen molar-refractivity contribution in [1.82, 2.24) is 14.8 Å². The van der Waals surface area contributed by atoms with Gasteiger partial charge in [-0.1, -0.05) is 18.2 Å². The molecule has 0 saturated carbocycles. The highest BCUT2D eigenvalue weighted by atomic mass is 32.1. The second kappa shape index (κ2) is 7.18. The summed E-state index contributed by atoms with van der Waals surface area (Å²) in [5, 5.41) is 0.937. The van der Waals surface area contributed by atoms with Gasteiger partial charge in [0.2, 0.25) is 0 Å². The zero-order valence-corrected chi connectivity index (χ0v) is 17.0. The van der Waals surface area contributed by atoms with Gasteiger partial charge in [-0.3, -0.25) is 19.3 Å². The summed E-state index contributed by atoms with van der Waals surface area (Å²) in [6.45, 7) is 4.39. The Kier molecular flexibility index (Phi) is 4.47. The number of carbonyl (C=O) groups excluding carboxylic acids is 3. The van der Waals surface area contributed by atoms with Crippen LogP contribution in [0.1, 0.15) is 55.0 Å². The van der Waals surface area contributed by atoms with Crippen molar-refractivity contribution < 1.29 is 14.4 Å². The Balaban J connectivity index is 1.45. The van der Waals surface area contributed by atoms with E-state index in [0.29, 0.717) is 17.7 Å². The fourth-order valence-corrected chi connectivity index (χ4v) is 5.30. The van der Waals surface area contributed by atoms with Crippen LogP contribution in [0, 0.1) is 0 Å². The number of nitrogens with zero attached hydrogens (tertiary/aromatic N) is 3. The van der Waals surface area contributed by atoms with Gasteiger partial charge < -0.3 is 4.90 Å². The second-order valence-electron chi connectivity index (χ2n) is 7.45. The molecule has 0 radical (unpaired) electrons. The summed E-state index contributed by atoms with van der Waals surface area (Å²) in [7, 11) is 0. The first-order valence-corrected chi connectivity index (χ1v) is 10.7. The lowest BCUT2D eigenvalue weighted by molar-refractivity contribution is 0.0671. The maximum Gasteiger partial charge on any atom is 0.261 e. The molecule has 3 amide bonds. The van der Waals surface area contributed by atoms with Gasteiger partial charge in [0.15, 0.2) is 0 Å². The van der Waals surface area contributed by atoms with Crippen molar-refractivity contribution in [2.24, 2.45) is 0 Å². The third kappa shape index (κ3) is 2.85. The van der Waals surface area contributed by atoms with E-state index in [4.69, 9.17) is 4.98 Å². The third-order valence-electron chi connectivity index (χ3n) is 5.64. The number of fused-ring (bicyclic) bond motifs is 2. The number of aromatic nitrogens is 1. The molecule has 150 valence electrons. The zero-order chi connectivity index (χ0) is 20.8. The van der Waals surface area contributed by atoms with Gasteiger partial charge >= 0.3 is 0 Å². The van der Waals surface area contributed by atoms with E-state index < -0.39 is 0 Å². The first-order chi connectivity index (χ1) is 14.6. The van der Waals surface area contributed by atoms with Crippen LogP contribution < -0.4 is 0 Å². The number of imide groups is 1. The maximum absolute atomic E-state index is 13.3. The van der Waals surface area contributed by atoms with E-state index >= 15 is 0 Å². The van der Waals surface area contributed by atoms with Gasteiger partial charge in [0.1, 0.15) is 5.01 Å². The number of likely N-dealkylation sites (tertiary alicyclic amines) is 1. The number of benzene rings is 2. The monoisotopic (exact) mass is 417 g/mol. The van der Waals surface area contributed by atoms with Crippen LogP contribution in [0.3, 0.4) is 0 Å². The first-order valence-electron chi connectivity index (χ1n) is 9.86. The van der Waals surface area contributed by atoms with Crippen LogP contribution in [-0.2, 0) is 0 Å². The van der Waals surface area contributed by atoms with Gasteiger partial charge in [-0.05, 0) is 43.2 Å². The highest BCUT2D eigenvalue weighted by Gasteiger charge is 2.37. The fourth-order valence-electron chi connectivity index (χ4n) is 4.18. The van der Waals surface area contributed by atoms with Crippen molar-refractivity contribution in [1.29, 1.82) is 0 Å². The number of amides is 3. The predicted octanol–water partition coefficient (Wildman–Crippen LogP) is 4.06. The van der Waals surface area contributed by atoms with Crippen molar-refractivity contribution in [3.63, 3.8) is 0 Å². The molecule has 5 rings (SSSR count). The molecule has 3 heterocycles. The van der Waals surface area contributed by atoms with E-state index in [2.05, 4.69) is 6.58 Å². The minimum atomic E-state index is -0.381. The number of para-hydroxylation sites is 1. The molecule has 2 aliphatic rings. The average Bonchev–Trinajstić information content (AvgIpc) is 3.46. The van der Waals surface area contributed by atoms with Crippen LogP contribution in [0.4, 0.5) is 0 Å². The van der Waals surface area contributed by atoms with E-state index in [0.717, 1.165) is 33.0 Å². The predicted molar refractivity (Wildman–Crippen MR) is 115 cm³/mol. The van der Waals surface area contributed by atoms with Crippen LogP contribution in [0.5, 0.6) is 0 Å². The van der Waals surface area contributed by atoms with Gasteiger partial charge in [0.05, 0.1) is 27.4 Å². The maximum atomic E-state index is 13.3. The Bertz CT molecular complexity index is 1180. The van der Waals surface area contributed by atoms with Crippen LogP contribution in [-0.4, -0.2) is 45.6 Å². The molecule has 3 aromatic rings. The molecule has 2 aromatic carbocycles. The molecule has 0 N–H and O–H groups in total. The Morgan fingerprint density at radius 2 is 1.97 bits per heavy atom. The lowest BCUT2D eigenvalue weighted by Crippen LogP contribution is -2.30. The third-order valence-corrected chi connectivity index (χ3v) is 6.78. The van der Waals surface area contributed by atoms with E-state index in [1.54, 1.807) is 29.5 Å². The summed E-state index contributed by atoms with van der Waals surface area (Å²) in [6.07, 6.45) is 3.28. The van der Waals surface area contributed by atoms with Crippen molar-refractivity contribution >= 4 is 39.3 Å². The van der Waals surface area contributed by atoms with Crippen LogP contribution in [0.25, 0.3) is 10.2 Å². The van der Waals surface area contributed by atoms with Crippen molar-refractivity contribution in [3.8, 4) is 0 Å². The Labute approximate surface area is 177 Å².